The highest BCUT2D eigenvalue weighted by molar-refractivity contribution is 7.89. The number of carbonyl (C=O) groups is 2. The lowest BCUT2D eigenvalue weighted by Crippen LogP contribution is -2.59. The number of nitro groups is 1. The van der Waals surface area contributed by atoms with Gasteiger partial charge in [-0.05, 0) is 24.8 Å². The number of sulfonamides is 1. The molecule has 0 radical (unpaired) electrons. The summed E-state index contributed by atoms with van der Waals surface area (Å²) in [5.41, 5.74) is -0.685. The highest BCUT2D eigenvalue weighted by Gasteiger charge is 2.40. The van der Waals surface area contributed by atoms with Crippen LogP contribution in [-0.4, -0.2) is 66.1 Å². The standard InChI is InChI=1S/C21H32N4O6S/c1-6-19(26)22-16(13-21(3,4)5)20(27)23-11-12-24(15(2)14-23)32(30,31)18-10-8-7-9-17(18)25(28)29/h7-10,15-16H,6,11-14H2,1-5H3,(H,22,26)/t15-,16-/m0/s1. The van der Waals surface area contributed by atoms with Crippen LogP contribution < -0.4 is 5.32 Å². The number of piperazine rings is 1. The van der Waals surface area contributed by atoms with Gasteiger partial charge in [-0.15, -0.1) is 0 Å². The molecule has 2 atom stereocenters. The molecule has 11 heteroatoms. The van der Waals surface area contributed by atoms with Crippen LogP contribution in [0.25, 0.3) is 0 Å². The highest BCUT2D eigenvalue weighted by Crippen LogP contribution is 2.29. The molecule has 0 bridgehead atoms. The largest absolute Gasteiger partial charge is 0.344 e. The summed E-state index contributed by atoms with van der Waals surface area (Å²) in [6.07, 6.45) is 0.701. The van der Waals surface area contributed by atoms with E-state index in [1.165, 1.54) is 22.5 Å². The average Bonchev–Trinajstić information content (AvgIpc) is 2.71. The Morgan fingerprint density at radius 1 is 1.25 bits per heavy atom. The lowest BCUT2D eigenvalue weighted by molar-refractivity contribution is -0.387. The van der Waals surface area contributed by atoms with Crippen molar-refractivity contribution in [2.75, 3.05) is 19.6 Å². The summed E-state index contributed by atoms with van der Waals surface area (Å²) < 4.78 is 27.5. The normalized spacial score (nSPS) is 18.8. The van der Waals surface area contributed by atoms with Crippen molar-refractivity contribution in [3.63, 3.8) is 0 Å². The van der Waals surface area contributed by atoms with E-state index in [1.807, 2.05) is 20.8 Å². The van der Waals surface area contributed by atoms with Gasteiger partial charge < -0.3 is 10.2 Å². The minimum absolute atomic E-state index is 0.00521. The molecule has 2 rings (SSSR count). The number of rotatable bonds is 7. The van der Waals surface area contributed by atoms with Gasteiger partial charge in [-0.3, -0.25) is 19.7 Å². The first-order valence-corrected chi connectivity index (χ1v) is 12.1. The molecule has 1 aromatic carbocycles. The SMILES string of the molecule is CCC(=O)N[C@@H](CC(C)(C)C)C(=O)N1CCN(S(=O)(=O)c2ccccc2[N+](=O)[O-])[C@@H](C)C1. The maximum atomic E-state index is 13.2. The Labute approximate surface area is 189 Å². The van der Waals surface area contributed by atoms with E-state index in [1.54, 1.807) is 18.7 Å². The predicted molar refractivity (Wildman–Crippen MR) is 119 cm³/mol. The smallest absolute Gasteiger partial charge is 0.289 e. The minimum atomic E-state index is -4.12. The number of nitrogens with zero attached hydrogens (tertiary/aromatic N) is 3. The van der Waals surface area contributed by atoms with E-state index in [-0.39, 0.29) is 48.2 Å². The van der Waals surface area contributed by atoms with Crippen LogP contribution in [0.3, 0.4) is 0 Å². The molecule has 178 valence electrons. The molecule has 1 aliphatic rings. The zero-order chi connectivity index (χ0) is 24.3. The van der Waals surface area contributed by atoms with Gasteiger partial charge in [0.05, 0.1) is 4.92 Å². The second kappa shape index (κ2) is 9.95. The van der Waals surface area contributed by atoms with Crippen LogP contribution in [0.4, 0.5) is 5.69 Å². The average molecular weight is 469 g/mol. The van der Waals surface area contributed by atoms with Crippen LogP contribution in [-0.2, 0) is 19.6 Å². The van der Waals surface area contributed by atoms with Crippen molar-refractivity contribution in [1.82, 2.24) is 14.5 Å². The fraction of sp³-hybridized carbons (Fsp3) is 0.619. The van der Waals surface area contributed by atoms with Crippen LogP contribution in [0, 0.1) is 15.5 Å². The second-order valence-corrected chi connectivity index (χ2v) is 11.1. The third-order valence-corrected chi connectivity index (χ3v) is 7.36. The lowest BCUT2D eigenvalue weighted by Gasteiger charge is -2.40. The molecule has 1 N–H and O–H groups in total. The summed E-state index contributed by atoms with van der Waals surface area (Å²) >= 11 is 0. The molecule has 1 heterocycles. The van der Waals surface area contributed by atoms with Gasteiger partial charge in [-0.25, -0.2) is 8.42 Å². The maximum absolute atomic E-state index is 13.2. The van der Waals surface area contributed by atoms with E-state index in [0.29, 0.717) is 6.42 Å². The van der Waals surface area contributed by atoms with Crippen LogP contribution >= 0.6 is 0 Å². The topological polar surface area (TPSA) is 130 Å². The molecule has 1 fully saturated rings. The van der Waals surface area contributed by atoms with Crippen LogP contribution in [0.5, 0.6) is 0 Å². The molecule has 0 aromatic heterocycles. The Bertz CT molecular complexity index is 973. The summed E-state index contributed by atoms with van der Waals surface area (Å²) in [6, 6.07) is 3.94. The number of carbonyl (C=O) groups excluding carboxylic acids is 2. The van der Waals surface area contributed by atoms with E-state index in [2.05, 4.69) is 5.32 Å². The van der Waals surface area contributed by atoms with E-state index < -0.39 is 32.7 Å². The number of para-hydroxylation sites is 1. The van der Waals surface area contributed by atoms with E-state index >= 15 is 0 Å². The van der Waals surface area contributed by atoms with Gasteiger partial charge >= 0.3 is 0 Å². The monoisotopic (exact) mass is 468 g/mol. The Kier molecular flexibility index (Phi) is 8.00. The van der Waals surface area contributed by atoms with Crippen LogP contribution in [0.2, 0.25) is 0 Å². The van der Waals surface area contributed by atoms with Crippen molar-refractivity contribution in [1.29, 1.82) is 0 Å². The van der Waals surface area contributed by atoms with Gasteiger partial charge in [0.1, 0.15) is 6.04 Å². The van der Waals surface area contributed by atoms with Gasteiger partial charge in [-0.1, -0.05) is 39.8 Å². The summed E-state index contributed by atoms with van der Waals surface area (Å²) in [6.45, 7) is 9.57. The molecular weight excluding hydrogens is 436 g/mol. The third kappa shape index (κ3) is 6.04. The van der Waals surface area contributed by atoms with Gasteiger partial charge in [0.15, 0.2) is 4.90 Å². The zero-order valence-electron chi connectivity index (χ0n) is 19.2. The quantitative estimate of drug-likeness (QED) is 0.482. The second-order valence-electron chi connectivity index (χ2n) is 9.21. The molecule has 1 saturated heterocycles. The first-order valence-electron chi connectivity index (χ1n) is 10.6. The fourth-order valence-electron chi connectivity index (χ4n) is 3.78. The zero-order valence-corrected chi connectivity index (χ0v) is 20.0. The van der Waals surface area contributed by atoms with Crippen molar-refractivity contribution in [3.05, 3.63) is 34.4 Å². The van der Waals surface area contributed by atoms with Gasteiger partial charge in [0.2, 0.25) is 21.8 Å². The number of hydrogen-bond acceptors (Lipinski definition) is 6. The van der Waals surface area contributed by atoms with E-state index in [9.17, 15) is 28.1 Å². The Morgan fingerprint density at radius 3 is 2.41 bits per heavy atom. The van der Waals surface area contributed by atoms with E-state index in [0.717, 1.165) is 6.07 Å². The van der Waals surface area contributed by atoms with Crippen molar-refractivity contribution in [2.24, 2.45) is 5.41 Å². The summed E-state index contributed by atoms with van der Waals surface area (Å²) in [5, 5.41) is 14.1. The molecule has 10 nitrogen and oxygen atoms in total. The molecule has 0 unspecified atom stereocenters. The highest BCUT2D eigenvalue weighted by atomic mass is 32.2. The first kappa shape index (κ1) is 25.7. The Balaban J connectivity index is 2.22. The minimum Gasteiger partial charge on any atom is -0.344 e. The number of amides is 2. The number of nitrogens with one attached hydrogen (secondary N) is 1. The Morgan fingerprint density at radius 2 is 1.88 bits per heavy atom. The molecule has 0 saturated carbocycles. The van der Waals surface area contributed by atoms with Crippen molar-refractivity contribution in [2.45, 2.75) is 64.4 Å². The predicted octanol–water partition coefficient (Wildman–Crippen LogP) is 2.15. The fourth-order valence-corrected chi connectivity index (χ4v) is 5.55. The summed E-state index contributed by atoms with van der Waals surface area (Å²) in [7, 11) is -4.12. The van der Waals surface area contributed by atoms with Crippen molar-refractivity contribution >= 4 is 27.5 Å². The van der Waals surface area contributed by atoms with Crippen LogP contribution in [0.1, 0.15) is 47.5 Å². The number of benzene rings is 1. The molecule has 1 aromatic rings. The molecule has 0 spiro atoms. The molecular formula is C21H32N4O6S. The Hall–Kier alpha value is -2.53. The third-order valence-electron chi connectivity index (χ3n) is 5.30. The molecule has 1 aliphatic heterocycles. The van der Waals surface area contributed by atoms with Crippen molar-refractivity contribution in [3.8, 4) is 0 Å². The number of nitro benzene ring substituents is 1. The molecule has 32 heavy (non-hydrogen) atoms. The molecule has 2 amide bonds. The van der Waals surface area contributed by atoms with Gasteiger partial charge in [0, 0.05) is 38.2 Å². The first-order chi connectivity index (χ1) is 14.8. The lowest BCUT2D eigenvalue weighted by atomic mass is 9.87. The van der Waals surface area contributed by atoms with Crippen molar-refractivity contribution < 1.29 is 22.9 Å². The summed E-state index contributed by atoms with van der Waals surface area (Å²) in [4.78, 5) is 36.9. The van der Waals surface area contributed by atoms with Crippen LogP contribution in [0.15, 0.2) is 29.2 Å². The van der Waals surface area contributed by atoms with Gasteiger partial charge in [0.25, 0.3) is 5.69 Å². The van der Waals surface area contributed by atoms with E-state index in [4.69, 9.17) is 0 Å². The summed E-state index contributed by atoms with van der Waals surface area (Å²) in [5.74, 6) is -0.477. The number of hydrogen-bond donors (Lipinski definition) is 1. The van der Waals surface area contributed by atoms with Gasteiger partial charge in [-0.2, -0.15) is 4.31 Å². The molecule has 0 aliphatic carbocycles. The maximum Gasteiger partial charge on any atom is 0.289 e.